The molecular weight excluding hydrogens is 1270 g/mol. The van der Waals surface area contributed by atoms with Gasteiger partial charge < -0.3 is 9.80 Å². The van der Waals surface area contributed by atoms with Crippen molar-refractivity contribution in [2.45, 2.75) is 351 Å². The third kappa shape index (κ3) is 24.6. The number of thiophene rings is 4. The summed E-state index contributed by atoms with van der Waals surface area (Å²) in [6.45, 7) is 19.7. The van der Waals surface area contributed by atoms with Gasteiger partial charge in [-0.2, -0.15) is 0 Å². The van der Waals surface area contributed by atoms with Gasteiger partial charge in [-0.15, -0.1) is 45.3 Å². The number of hydrogen-bond donors (Lipinski definition) is 0. The summed E-state index contributed by atoms with van der Waals surface area (Å²) in [6.07, 6.45) is 58.5. The highest BCUT2D eigenvalue weighted by atomic mass is 32.1. The average molecular weight is 1400 g/mol. The molecule has 2 unspecified atom stereocenters. The second kappa shape index (κ2) is 45.1. The normalized spacial score (nSPS) is 14.4. The van der Waals surface area contributed by atoms with Crippen LogP contribution >= 0.6 is 45.3 Å². The number of unbranched alkanes of at least 4 members (excludes halogenated alkanes) is 34. The summed E-state index contributed by atoms with van der Waals surface area (Å²) in [5.41, 5.74) is 10.4. The standard InChI is InChI=1S/C90H134N2O2S4/c1-9-15-21-27-31-33-35-37-41-47-53-75-65-83(97-87(75)81-61-55-69(7)95-81)73-57-59-77-79(63-73)91(67-71(49-43-25-19-13-5)51-45-39-29-23-17-11-3)89(93)85(77)86-78-60-58-74(64-80(78)92(90(86)94)68-72(50-44-26-20-14-6)52-46-40-30-24-18-12-4)84-66-76(88(98-84)82-62-56-70(8)96-82)54-48-42-38-36-34-32-28-22-16-10-2/h55-66,71-72H,9-54,67-68H2,1-8H3/b86-85+. The monoisotopic (exact) mass is 1400 g/mol. The van der Waals surface area contributed by atoms with Gasteiger partial charge in [0.05, 0.1) is 22.5 Å². The van der Waals surface area contributed by atoms with Gasteiger partial charge in [0.1, 0.15) is 0 Å². The fourth-order valence-corrected chi connectivity index (χ4v) is 20.2. The van der Waals surface area contributed by atoms with Crippen molar-refractivity contribution in [3.05, 3.63) is 105 Å². The summed E-state index contributed by atoms with van der Waals surface area (Å²) < 4.78 is 0. The fourth-order valence-electron chi connectivity index (χ4n) is 15.8. The van der Waals surface area contributed by atoms with E-state index < -0.39 is 0 Å². The molecule has 2 amide bonds. The molecule has 540 valence electrons. The lowest BCUT2D eigenvalue weighted by Gasteiger charge is -2.25. The molecule has 0 bridgehead atoms. The first-order valence-electron chi connectivity index (χ1n) is 41.2. The highest BCUT2D eigenvalue weighted by Crippen LogP contribution is 2.52. The Bertz CT molecular complexity index is 3060. The Morgan fingerprint density at radius 2 is 0.592 bits per heavy atom. The summed E-state index contributed by atoms with van der Waals surface area (Å²) in [5.74, 6) is 0.817. The molecule has 0 saturated carbocycles. The summed E-state index contributed by atoms with van der Waals surface area (Å²) >= 11 is 7.73. The van der Waals surface area contributed by atoms with E-state index in [4.69, 9.17) is 0 Å². The van der Waals surface area contributed by atoms with Crippen molar-refractivity contribution < 1.29 is 9.59 Å². The van der Waals surface area contributed by atoms with Crippen LogP contribution in [0.4, 0.5) is 11.4 Å². The van der Waals surface area contributed by atoms with Crippen molar-refractivity contribution in [2.24, 2.45) is 11.8 Å². The molecule has 0 radical (unpaired) electrons. The molecule has 0 fully saturated rings. The van der Waals surface area contributed by atoms with Crippen molar-refractivity contribution in [3.8, 4) is 40.4 Å². The Balaban J connectivity index is 1.20. The molecule has 6 aromatic rings. The number of anilines is 2. The molecule has 2 aromatic carbocycles. The number of aryl methyl sites for hydroxylation is 4. The highest BCUT2D eigenvalue weighted by Gasteiger charge is 2.43. The number of rotatable bonds is 54. The van der Waals surface area contributed by atoms with Crippen LogP contribution in [0.3, 0.4) is 0 Å². The molecule has 8 heteroatoms. The van der Waals surface area contributed by atoms with Gasteiger partial charge in [-0.3, -0.25) is 9.59 Å². The predicted molar refractivity (Wildman–Crippen MR) is 439 cm³/mol. The number of nitrogens with zero attached hydrogens (tertiary/aromatic N) is 2. The van der Waals surface area contributed by atoms with Crippen LogP contribution in [-0.4, -0.2) is 24.9 Å². The Hall–Kier alpha value is -4.08. The quantitative estimate of drug-likeness (QED) is 0.0282. The van der Waals surface area contributed by atoms with Crippen molar-refractivity contribution >= 4 is 79.7 Å². The van der Waals surface area contributed by atoms with Gasteiger partial charge >= 0.3 is 0 Å². The van der Waals surface area contributed by atoms with E-state index >= 15 is 9.59 Å². The van der Waals surface area contributed by atoms with Gasteiger partial charge in [0.25, 0.3) is 11.8 Å². The van der Waals surface area contributed by atoms with E-state index in [1.165, 1.54) is 318 Å². The van der Waals surface area contributed by atoms with Gasteiger partial charge in [0.15, 0.2) is 0 Å². The van der Waals surface area contributed by atoms with Crippen LogP contribution in [0.25, 0.3) is 51.5 Å². The predicted octanol–water partition coefficient (Wildman–Crippen LogP) is 30.4. The topological polar surface area (TPSA) is 40.6 Å². The van der Waals surface area contributed by atoms with E-state index in [0.717, 1.165) is 61.0 Å². The minimum absolute atomic E-state index is 0.0235. The van der Waals surface area contributed by atoms with Crippen LogP contribution in [0, 0.1) is 25.7 Å². The van der Waals surface area contributed by atoms with E-state index in [0.29, 0.717) is 36.1 Å². The summed E-state index contributed by atoms with van der Waals surface area (Å²) in [7, 11) is 0. The third-order valence-corrected chi connectivity index (χ3v) is 26.6. The number of carbonyl (C=O) groups excluding carboxylic acids is 2. The summed E-state index contributed by atoms with van der Waals surface area (Å²) in [6, 6.07) is 28.2. The Kier molecular flexibility index (Phi) is 36.7. The Labute approximate surface area is 615 Å². The van der Waals surface area contributed by atoms with E-state index in [1.54, 1.807) is 0 Å². The molecule has 0 aliphatic carbocycles. The lowest BCUT2D eigenvalue weighted by molar-refractivity contribution is -0.114. The Morgan fingerprint density at radius 3 is 0.888 bits per heavy atom. The molecule has 4 aromatic heterocycles. The molecule has 0 N–H and O–H groups in total. The van der Waals surface area contributed by atoms with Crippen LogP contribution in [-0.2, 0) is 22.4 Å². The van der Waals surface area contributed by atoms with Gasteiger partial charge in [-0.1, -0.05) is 310 Å². The number of hydrogen-bond acceptors (Lipinski definition) is 6. The zero-order chi connectivity index (χ0) is 69.1. The maximum atomic E-state index is 16.4. The third-order valence-electron chi connectivity index (χ3n) is 21.7. The molecule has 4 nitrogen and oxygen atoms in total. The summed E-state index contributed by atoms with van der Waals surface area (Å²) in [5, 5.41) is 0. The van der Waals surface area contributed by atoms with E-state index in [1.807, 2.05) is 45.3 Å². The average Bonchev–Trinajstić information content (AvgIpc) is 1.57. The largest absolute Gasteiger partial charge is 0.307 e. The minimum Gasteiger partial charge on any atom is -0.307 e. The molecule has 2 atom stereocenters. The second-order valence-corrected chi connectivity index (χ2v) is 34.9. The maximum Gasteiger partial charge on any atom is 0.259 e. The molecule has 2 aliphatic rings. The van der Waals surface area contributed by atoms with Crippen LogP contribution in [0.15, 0.2) is 72.8 Å². The Morgan fingerprint density at radius 1 is 0.306 bits per heavy atom. The lowest BCUT2D eigenvalue weighted by Crippen LogP contribution is -2.34. The van der Waals surface area contributed by atoms with Crippen LogP contribution in [0.1, 0.15) is 356 Å². The van der Waals surface area contributed by atoms with Gasteiger partial charge in [0.2, 0.25) is 0 Å². The first-order valence-corrected chi connectivity index (χ1v) is 44.4. The first-order chi connectivity index (χ1) is 48.1. The van der Waals surface area contributed by atoms with E-state index in [9.17, 15) is 0 Å². The molecule has 6 heterocycles. The van der Waals surface area contributed by atoms with Crippen molar-refractivity contribution in [3.63, 3.8) is 0 Å². The zero-order valence-electron chi connectivity index (χ0n) is 63.4. The van der Waals surface area contributed by atoms with E-state index in [2.05, 4.69) is 138 Å². The second-order valence-electron chi connectivity index (χ2n) is 30.2. The van der Waals surface area contributed by atoms with Crippen LogP contribution in [0.2, 0.25) is 0 Å². The first kappa shape index (κ1) is 79.6. The molecule has 0 spiro atoms. The van der Waals surface area contributed by atoms with Crippen LogP contribution in [0.5, 0.6) is 0 Å². The molecule has 98 heavy (non-hydrogen) atoms. The van der Waals surface area contributed by atoms with E-state index in [-0.39, 0.29) is 11.8 Å². The van der Waals surface area contributed by atoms with Gasteiger partial charge in [-0.05, 0) is 148 Å². The van der Waals surface area contributed by atoms with Crippen molar-refractivity contribution in [1.29, 1.82) is 0 Å². The summed E-state index contributed by atoms with van der Waals surface area (Å²) in [4.78, 5) is 48.0. The highest BCUT2D eigenvalue weighted by molar-refractivity contribution is 7.24. The van der Waals surface area contributed by atoms with Crippen LogP contribution < -0.4 is 9.80 Å². The SMILES string of the molecule is CCCCCCCCCCCCc1cc(-c2ccc3c(c2)N(CC(CCCCCC)CCCCCCCC)C(=O)/C3=C2/C(=O)N(CC(CCCCCC)CCCCCCCC)c3cc(-c4cc(CCCCCCCCCCCC)c(-c5ccc(C)s5)s4)ccc32)sc1-c1ccc(C)s1. The van der Waals surface area contributed by atoms with Gasteiger partial charge in [0, 0.05) is 63.2 Å². The fraction of sp³-hybridized carbons (Fsp3) is 0.644. The molecular formula is C90H134N2O2S4. The zero-order valence-corrected chi connectivity index (χ0v) is 66.6. The number of fused-ring (bicyclic) bond motifs is 2. The molecule has 8 rings (SSSR count). The minimum atomic E-state index is 0.0235. The number of benzene rings is 2. The van der Waals surface area contributed by atoms with Crippen molar-refractivity contribution in [2.75, 3.05) is 22.9 Å². The molecule has 2 aliphatic heterocycles. The number of carbonyl (C=O) groups is 2. The van der Waals surface area contributed by atoms with Crippen molar-refractivity contribution in [1.82, 2.24) is 0 Å². The molecule has 0 saturated heterocycles. The number of amides is 2. The lowest BCUT2D eigenvalue weighted by atomic mass is 9.93. The smallest absolute Gasteiger partial charge is 0.259 e. The van der Waals surface area contributed by atoms with Gasteiger partial charge in [-0.25, -0.2) is 0 Å². The maximum absolute atomic E-state index is 16.4.